The minimum atomic E-state index is 0.729. The lowest BCUT2D eigenvalue weighted by molar-refractivity contribution is 1.16. The summed E-state index contributed by atoms with van der Waals surface area (Å²) in [6.45, 7) is 2.11. The Labute approximate surface area is 86.6 Å². The number of fused-ring (bicyclic) bond motifs is 1. The molecule has 0 aliphatic heterocycles. The molecule has 70 valence electrons. The fourth-order valence-electron chi connectivity index (χ4n) is 1.53. The number of hydrogen-bond donors (Lipinski definition) is 1. The fourth-order valence-corrected chi connectivity index (χ4v) is 2.61. The Hall–Kier alpha value is -1.53. The number of aryl methyl sites for hydroxylation is 1. The predicted molar refractivity (Wildman–Crippen MR) is 60.3 cm³/mol. The van der Waals surface area contributed by atoms with E-state index in [1.807, 2.05) is 18.2 Å². The first-order valence-electron chi connectivity index (χ1n) is 4.47. The Kier molecular flexibility index (Phi) is 2.14. The van der Waals surface area contributed by atoms with Gasteiger partial charge in [0.05, 0.1) is 0 Å². The average Bonchev–Trinajstić information content (AvgIpc) is 2.63. The third kappa shape index (κ3) is 1.24. The molecule has 0 aliphatic carbocycles. The van der Waals surface area contributed by atoms with Gasteiger partial charge in [0, 0.05) is 15.8 Å². The highest BCUT2D eigenvalue weighted by atomic mass is 32.1. The number of anilines is 1. The standard InChI is InChI=1S/C11H10N2S/c1-2-7-3-4-10(13)9-5-8(6-12)14-11(7)9/h3-5H,2,13H2,1H3. The number of nitrogens with zero attached hydrogens (tertiary/aromatic N) is 1. The Morgan fingerprint density at radius 2 is 2.29 bits per heavy atom. The molecule has 0 spiro atoms. The molecule has 2 N–H and O–H groups in total. The average molecular weight is 202 g/mol. The Balaban J connectivity index is 2.83. The van der Waals surface area contributed by atoms with Gasteiger partial charge in [-0.1, -0.05) is 13.0 Å². The second kappa shape index (κ2) is 3.32. The van der Waals surface area contributed by atoms with E-state index in [2.05, 4.69) is 13.0 Å². The van der Waals surface area contributed by atoms with Gasteiger partial charge in [-0.2, -0.15) is 5.26 Å². The van der Waals surface area contributed by atoms with Gasteiger partial charge >= 0.3 is 0 Å². The number of rotatable bonds is 1. The zero-order valence-corrected chi connectivity index (χ0v) is 8.69. The summed E-state index contributed by atoms with van der Waals surface area (Å²) in [4.78, 5) is 0.729. The van der Waals surface area contributed by atoms with Crippen LogP contribution in [0.25, 0.3) is 10.1 Å². The van der Waals surface area contributed by atoms with Crippen molar-refractivity contribution >= 4 is 27.1 Å². The summed E-state index contributed by atoms with van der Waals surface area (Å²) in [5, 5.41) is 9.83. The van der Waals surface area contributed by atoms with Gasteiger partial charge < -0.3 is 5.73 Å². The number of nitrogen functional groups attached to an aromatic ring is 1. The molecule has 0 unspecified atom stereocenters. The maximum atomic E-state index is 8.81. The van der Waals surface area contributed by atoms with Crippen molar-refractivity contribution in [1.29, 1.82) is 5.26 Å². The topological polar surface area (TPSA) is 49.8 Å². The molecule has 0 saturated heterocycles. The first kappa shape index (κ1) is 9.04. The lowest BCUT2D eigenvalue weighted by Crippen LogP contribution is -1.87. The van der Waals surface area contributed by atoms with E-state index < -0.39 is 0 Å². The van der Waals surface area contributed by atoms with Gasteiger partial charge in [-0.15, -0.1) is 11.3 Å². The van der Waals surface area contributed by atoms with Crippen molar-refractivity contribution < 1.29 is 0 Å². The highest BCUT2D eigenvalue weighted by Crippen LogP contribution is 2.32. The highest BCUT2D eigenvalue weighted by Gasteiger charge is 2.07. The molecule has 0 saturated carbocycles. The van der Waals surface area contributed by atoms with E-state index in [-0.39, 0.29) is 0 Å². The van der Waals surface area contributed by atoms with Crippen LogP contribution in [0.2, 0.25) is 0 Å². The number of nitrogens with two attached hydrogens (primary N) is 1. The Morgan fingerprint density at radius 1 is 1.50 bits per heavy atom. The van der Waals surface area contributed by atoms with Gasteiger partial charge in [0.25, 0.3) is 0 Å². The second-order valence-electron chi connectivity index (χ2n) is 3.13. The summed E-state index contributed by atoms with van der Waals surface area (Å²) < 4.78 is 1.16. The van der Waals surface area contributed by atoms with Crippen LogP contribution < -0.4 is 5.73 Å². The molecule has 0 aliphatic rings. The van der Waals surface area contributed by atoms with Crippen molar-refractivity contribution in [3.8, 4) is 6.07 Å². The summed E-state index contributed by atoms with van der Waals surface area (Å²) in [5.41, 5.74) is 7.87. The Morgan fingerprint density at radius 3 is 2.93 bits per heavy atom. The largest absolute Gasteiger partial charge is 0.398 e. The van der Waals surface area contributed by atoms with Crippen LogP contribution in [0, 0.1) is 11.3 Å². The summed E-state index contributed by atoms with van der Waals surface area (Å²) in [5.74, 6) is 0. The van der Waals surface area contributed by atoms with E-state index in [1.165, 1.54) is 16.9 Å². The van der Waals surface area contributed by atoms with Crippen LogP contribution in [0.5, 0.6) is 0 Å². The van der Waals surface area contributed by atoms with E-state index in [0.717, 1.165) is 27.1 Å². The third-order valence-corrected chi connectivity index (χ3v) is 3.41. The van der Waals surface area contributed by atoms with Crippen LogP contribution in [0.15, 0.2) is 18.2 Å². The lowest BCUT2D eigenvalue weighted by atomic mass is 10.1. The SMILES string of the molecule is CCc1ccc(N)c2cc(C#N)sc12. The molecule has 3 heteroatoms. The summed E-state index contributed by atoms with van der Waals surface area (Å²) in [6, 6.07) is 7.98. The first-order valence-corrected chi connectivity index (χ1v) is 5.29. The molecule has 2 nitrogen and oxygen atoms in total. The Bertz CT molecular complexity index is 520. The van der Waals surface area contributed by atoms with E-state index in [0.29, 0.717) is 0 Å². The van der Waals surface area contributed by atoms with Crippen molar-refractivity contribution in [3.63, 3.8) is 0 Å². The molecule has 1 heterocycles. The molecule has 1 aromatic carbocycles. The van der Waals surface area contributed by atoms with E-state index >= 15 is 0 Å². The van der Waals surface area contributed by atoms with E-state index in [4.69, 9.17) is 11.0 Å². The first-order chi connectivity index (χ1) is 6.76. The molecular weight excluding hydrogens is 192 g/mol. The molecule has 0 fully saturated rings. The lowest BCUT2D eigenvalue weighted by Gasteiger charge is -2.00. The molecule has 0 radical (unpaired) electrons. The monoisotopic (exact) mass is 202 g/mol. The van der Waals surface area contributed by atoms with Crippen molar-refractivity contribution in [3.05, 3.63) is 28.6 Å². The number of nitriles is 1. The van der Waals surface area contributed by atoms with Crippen LogP contribution in [0.3, 0.4) is 0 Å². The highest BCUT2D eigenvalue weighted by molar-refractivity contribution is 7.19. The zero-order valence-electron chi connectivity index (χ0n) is 7.87. The smallest absolute Gasteiger partial charge is 0.110 e. The van der Waals surface area contributed by atoms with Crippen molar-refractivity contribution in [2.45, 2.75) is 13.3 Å². The minimum absolute atomic E-state index is 0.729. The normalized spacial score (nSPS) is 10.3. The maximum absolute atomic E-state index is 8.81. The minimum Gasteiger partial charge on any atom is -0.398 e. The molecule has 2 aromatic rings. The van der Waals surface area contributed by atoms with Gasteiger partial charge in [-0.3, -0.25) is 0 Å². The zero-order chi connectivity index (χ0) is 10.1. The summed E-state index contributed by atoms with van der Waals surface area (Å²) >= 11 is 1.52. The molecule has 0 amide bonds. The quantitative estimate of drug-likeness (QED) is 0.723. The van der Waals surface area contributed by atoms with Gasteiger partial charge in [0.2, 0.25) is 0 Å². The van der Waals surface area contributed by atoms with E-state index in [1.54, 1.807) is 0 Å². The van der Waals surface area contributed by atoms with Crippen LogP contribution in [0.1, 0.15) is 17.4 Å². The van der Waals surface area contributed by atoms with Gasteiger partial charge in [0.15, 0.2) is 0 Å². The maximum Gasteiger partial charge on any atom is 0.110 e. The van der Waals surface area contributed by atoms with Crippen LogP contribution in [0.4, 0.5) is 5.69 Å². The predicted octanol–water partition coefficient (Wildman–Crippen LogP) is 2.92. The fraction of sp³-hybridized carbons (Fsp3) is 0.182. The van der Waals surface area contributed by atoms with Crippen LogP contribution in [-0.2, 0) is 6.42 Å². The van der Waals surface area contributed by atoms with Crippen molar-refractivity contribution in [2.24, 2.45) is 0 Å². The number of thiophene rings is 1. The molecule has 14 heavy (non-hydrogen) atoms. The summed E-state index contributed by atoms with van der Waals surface area (Å²) in [6.07, 6.45) is 0.974. The van der Waals surface area contributed by atoms with Crippen LogP contribution in [-0.4, -0.2) is 0 Å². The second-order valence-corrected chi connectivity index (χ2v) is 4.18. The molecule has 0 bridgehead atoms. The number of benzene rings is 1. The van der Waals surface area contributed by atoms with Gasteiger partial charge in [0.1, 0.15) is 10.9 Å². The third-order valence-electron chi connectivity index (χ3n) is 2.29. The summed E-state index contributed by atoms with van der Waals surface area (Å²) in [7, 11) is 0. The number of hydrogen-bond acceptors (Lipinski definition) is 3. The molecule has 2 rings (SSSR count). The van der Waals surface area contributed by atoms with Crippen molar-refractivity contribution in [2.75, 3.05) is 5.73 Å². The van der Waals surface area contributed by atoms with Gasteiger partial charge in [-0.25, -0.2) is 0 Å². The van der Waals surface area contributed by atoms with Crippen LogP contribution >= 0.6 is 11.3 Å². The molecule has 0 atom stereocenters. The van der Waals surface area contributed by atoms with Crippen molar-refractivity contribution in [1.82, 2.24) is 0 Å². The van der Waals surface area contributed by atoms with Gasteiger partial charge in [-0.05, 0) is 24.1 Å². The molecule has 1 aromatic heterocycles. The van der Waals surface area contributed by atoms with E-state index in [9.17, 15) is 0 Å². The molecular formula is C11H10N2S.